The van der Waals surface area contributed by atoms with Crippen LogP contribution in [-0.2, 0) is 0 Å². The average molecular weight is 328 g/mol. The molecule has 2 aromatic carbocycles. The van der Waals surface area contributed by atoms with Crippen LogP contribution in [0.3, 0.4) is 0 Å². The Morgan fingerprint density at radius 3 is 1.74 bits per heavy atom. The Hall–Kier alpha value is -1.53. The molecule has 2 nitrogen and oxygen atoms in total. The van der Waals surface area contributed by atoms with Gasteiger partial charge in [0.2, 0.25) is 0 Å². The lowest BCUT2D eigenvalue weighted by Gasteiger charge is -2.27. The molecule has 0 bridgehead atoms. The fraction of sp³-hybridized carbons (Fsp3) is 0.400. The van der Waals surface area contributed by atoms with Crippen molar-refractivity contribution in [2.24, 2.45) is 0 Å². The highest BCUT2D eigenvalue weighted by Gasteiger charge is 2.19. The van der Waals surface area contributed by atoms with Gasteiger partial charge in [-0.05, 0) is 35.3 Å². The number of hydrogen-bond acceptors (Lipinski definition) is 2. The molecular formula is C20H29N2P. The van der Waals surface area contributed by atoms with Crippen LogP contribution in [-0.4, -0.2) is 40.5 Å². The summed E-state index contributed by atoms with van der Waals surface area (Å²) in [5.41, 5.74) is 5.32. The molecule has 23 heavy (non-hydrogen) atoms. The van der Waals surface area contributed by atoms with E-state index >= 15 is 0 Å². The quantitative estimate of drug-likeness (QED) is 0.713. The number of rotatable bonds is 6. The van der Waals surface area contributed by atoms with Gasteiger partial charge in [-0.25, -0.2) is 0 Å². The smallest absolute Gasteiger partial charge is 0.0461 e. The first-order valence-corrected chi connectivity index (χ1v) is 10.0. The predicted octanol–water partition coefficient (Wildman–Crippen LogP) is 4.63. The summed E-state index contributed by atoms with van der Waals surface area (Å²) < 4.78 is 0. The summed E-state index contributed by atoms with van der Waals surface area (Å²) in [7, 11) is 8.42. The van der Waals surface area contributed by atoms with E-state index in [1.807, 2.05) is 0 Å². The van der Waals surface area contributed by atoms with E-state index in [9.17, 15) is 0 Å². The van der Waals surface area contributed by atoms with Gasteiger partial charge in [0.15, 0.2) is 0 Å². The second-order valence-corrected chi connectivity index (χ2v) is 8.98. The molecule has 2 rings (SSSR count). The summed E-state index contributed by atoms with van der Waals surface area (Å²) in [6.45, 7) is 4.63. The monoisotopic (exact) mass is 328 g/mol. The van der Waals surface area contributed by atoms with Crippen molar-refractivity contribution in [2.45, 2.75) is 13.8 Å². The minimum atomic E-state index is -0.0961. The second kappa shape index (κ2) is 7.84. The molecule has 0 saturated heterocycles. The summed E-state index contributed by atoms with van der Waals surface area (Å²) in [5, 5.41) is 1.53. The lowest BCUT2D eigenvalue weighted by Crippen LogP contribution is -2.17. The molecule has 0 spiro atoms. The normalized spacial score (nSPS) is 10.9. The standard InChI is InChI=1S/C20H29N2P/c1-7-23(8-2)19-15-10-9-12-16(19)20-17(21(3)4)13-11-14-18(20)22(5)6/h9-15H,7-8H2,1-6H3. The van der Waals surface area contributed by atoms with E-state index in [0.717, 1.165) is 0 Å². The summed E-state index contributed by atoms with van der Waals surface area (Å²) in [4.78, 5) is 4.44. The number of benzene rings is 2. The van der Waals surface area contributed by atoms with Crippen molar-refractivity contribution < 1.29 is 0 Å². The summed E-state index contributed by atoms with van der Waals surface area (Å²) in [5.74, 6) is 0. The Morgan fingerprint density at radius 2 is 1.26 bits per heavy atom. The van der Waals surface area contributed by atoms with Crippen molar-refractivity contribution in [3.63, 3.8) is 0 Å². The molecule has 0 aliphatic heterocycles. The molecule has 0 aliphatic carbocycles. The van der Waals surface area contributed by atoms with Crippen LogP contribution in [0.4, 0.5) is 11.4 Å². The highest BCUT2D eigenvalue weighted by atomic mass is 31.1. The zero-order valence-electron chi connectivity index (χ0n) is 15.3. The van der Waals surface area contributed by atoms with Crippen LogP contribution < -0.4 is 15.1 Å². The van der Waals surface area contributed by atoms with Crippen LogP contribution in [0.2, 0.25) is 0 Å². The van der Waals surface area contributed by atoms with Gasteiger partial charge in [0, 0.05) is 45.1 Å². The lowest BCUT2D eigenvalue weighted by atomic mass is 10.00. The molecule has 0 radical (unpaired) electrons. The van der Waals surface area contributed by atoms with E-state index in [1.54, 1.807) is 0 Å². The first kappa shape index (κ1) is 17.8. The third kappa shape index (κ3) is 3.70. The van der Waals surface area contributed by atoms with Gasteiger partial charge >= 0.3 is 0 Å². The van der Waals surface area contributed by atoms with Crippen molar-refractivity contribution in [1.29, 1.82) is 0 Å². The van der Waals surface area contributed by atoms with Crippen LogP contribution in [0.25, 0.3) is 11.1 Å². The third-order valence-electron chi connectivity index (χ3n) is 4.26. The molecule has 0 saturated carbocycles. The Labute approximate surface area is 142 Å². The van der Waals surface area contributed by atoms with Crippen molar-refractivity contribution >= 4 is 24.6 Å². The maximum Gasteiger partial charge on any atom is 0.0461 e. The lowest BCUT2D eigenvalue weighted by molar-refractivity contribution is 1.10. The van der Waals surface area contributed by atoms with Crippen LogP contribution in [0.5, 0.6) is 0 Å². The summed E-state index contributed by atoms with van der Waals surface area (Å²) in [6.07, 6.45) is 2.48. The van der Waals surface area contributed by atoms with Crippen LogP contribution in [0, 0.1) is 0 Å². The number of nitrogens with zero attached hydrogens (tertiary/aromatic N) is 2. The van der Waals surface area contributed by atoms with E-state index in [1.165, 1.54) is 40.1 Å². The zero-order valence-corrected chi connectivity index (χ0v) is 16.2. The zero-order chi connectivity index (χ0) is 17.0. The Morgan fingerprint density at radius 1 is 0.739 bits per heavy atom. The fourth-order valence-electron chi connectivity index (χ4n) is 3.07. The van der Waals surface area contributed by atoms with E-state index in [0.29, 0.717) is 0 Å². The van der Waals surface area contributed by atoms with Gasteiger partial charge in [0.05, 0.1) is 0 Å². The molecular weight excluding hydrogens is 299 g/mol. The molecule has 0 atom stereocenters. The van der Waals surface area contributed by atoms with Crippen LogP contribution in [0.1, 0.15) is 13.8 Å². The van der Waals surface area contributed by atoms with Crippen molar-refractivity contribution in [1.82, 2.24) is 0 Å². The highest BCUT2D eigenvalue weighted by molar-refractivity contribution is 7.65. The van der Waals surface area contributed by atoms with E-state index < -0.39 is 0 Å². The molecule has 0 unspecified atom stereocenters. The topological polar surface area (TPSA) is 6.48 Å². The molecule has 0 heterocycles. The Balaban J connectivity index is 2.76. The van der Waals surface area contributed by atoms with E-state index in [2.05, 4.69) is 94.3 Å². The van der Waals surface area contributed by atoms with Gasteiger partial charge in [-0.1, -0.05) is 52.1 Å². The van der Waals surface area contributed by atoms with Gasteiger partial charge in [0.1, 0.15) is 0 Å². The van der Waals surface area contributed by atoms with Crippen LogP contribution >= 0.6 is 7.92 Å². The average Bonchev–Trinajstić information content (AvgIpc) is 2.55. The minimum absolute atomic E-state index is 0.0961. The molecule has 0 fully saturated rings. The van der Waals surface area contributed by atoms with Crippen molar-refractivity contribution in [3.05, 3.63) is 42.5 Å². The van der Waals surface area contributed by atoms with Crippen molar-refractivity contribution in [2.75, 3.05) is 50.3 Å². The summed E-state index contributed by atoms with van der Waals surface area (Å²) >= 11 is 0. The molecule has 124 valence electrons. The van der Waals surface area contributed by atoms with Gasteiger partial charge in [-0.2, -0.15) is 0 Å². The second-order valence-electron chi connectivity index (χ2n) is 6.15. The van der Waals surface area contributed by atoms with Gasteiger partial charge in [-0.15, -0.1) is 0 Å². The molecule has 0 amide bonds. The first-order valence-electron chi connectivity index (χ1n) is 8.33. The largest absolute Gasteiger partial charge is 0.377 e. The SMILES string of the molecule is CCP(CC)c1ccccc1-c1c(N(C)C)cccc1N(C)C. The van der Waals surface area contributed by atoms with E-state index in [4.69, 9.17) is 0 Å². The van der Waals surface area contributed by atoms with E-state index in [-0.39, 0.29) is 7.92 Å². The van der Waals surface area contributed by atoms with Gasteiger partial charge < -0.3 is 9.80 Å². The molecule has 0 N–H and O–H groups in total. The molecule has 0 aromatic heterocycles. The molecule has 0 aliphatic rings. The fourth-order valence-corrected chi connectivity index (χ4v) is 5.03. The molecule has 2 aromatic rings. The van der Waals surface area contributed by atoms with Crippen LogP contribution in [0.15, 0.2) is 42.5 Å². The minimum Gasteiger partial charge on any atom is -0.377 e. The summed E-state index contributed by atoms with van der Waals surface area (Å²) in [6, 6.07) is 15.6. The van der Waals surface area contributed by atoms with Gasteiger partial charge in [0.25, 0.3) is 0 Å². The first-order chi connectivity index (χ1) is 11.0. The third-order valence-corrected chi connectivity index (χ3v) is 6.86. The number of hydrogen-bond donors (Lipinski definition) is 0. The maximum absolute atomic E-state index is 2.33. The highest BCUT2D eigenvalue weighted by Crippen LogP contribution is 2.43. The Kier molecular flexibility index (Phi) is 6.07. The molecule has 3 heteroatoms. The Bertz CT molecular complexity index is 620. The predicted molar refractivity (Wildman–Crippen MR) is 108 cm³/mol. The van der Waals surface area contributed by atoms with Crippen molar-refractivity contribution in [3.8, 4) is 11.1 Å². The van der Waals surface area contributed by atoms with Gasteiger partial charge in [-0.3, -0.25) is 0 Å². The maximum atomic E-state index is 2.33. The number of anilines is 2.